The lowest BCUT2D eigenvalue weighted by Crippen LogP contribution is -2.24. The summed E-state index contributed by atoms with van der Waals surface area (Å²) in [5.41, 5.74) is 5.85. The Morgan fingerprint density at radius 3 is 2.81 bits per heavy atom. The van der Waals surface area contributed by atoms with Gasteiger partial charge in [-0.3, -0.25) is 14.2 Å². The number of hydrogen-bond donors (Lipinski definition) is 2. The lowest BCUT2D eigenvalue weighted by molar-refractivity contribution is -0.118. The number of phenols is 1. The molecule has 0 spiro atoms. The first-order chi connectivity index (χ1) is 17.8. The van der Waals surface area contributed by atoms with E-state index >= 15 is 0 Å². The van der Waals surface area contributed by atoms with Crippen LogP contribution >= 0.6 is 39.0 Å². The second kappa shape index (κ2) is 11.8. The Balaban J connectivity index is 1.52. The molecule has 0 fully saturated rings. The Morgan fingerprint density at radius 2 is 2.11 bits per heavy atom. The first kappa shape index (κ1) is 26.6. The van der Waals surface area contributed by atoms with E-state index in [9.17, 15) is 14.7 Å². The average molecular weight is 600 g/mol. The Bertz CT molecular complexity index is 1560. The molecule has 4 aromatic rings. The first-order valence-corrected chi connectivity index (χ1v) is 13.7. The number of rotatable bonds is 9. The number of carbonyl (C=O) groups excluding carboxylic acids is 1. The van der Waals surface area contributed by atoms with Crippen LogP contribution in [0.15, 0.2) is 74.0 Å². The van der Waals surface area contributed by atoms with E-state index in [1.807, 2.05) is 36.6 Å². The van der Waals surface area contributed by atoms with Crippen molar-refractivity contribution in [2.75, 3.05) is 12.9 Å². The van der Waals surface area contributed by atoms with E-state index in [-0.39, 0.29) is 35.3 Å². The van der Waals surface area contributed by atoms with Gasteiger partial charge in [-0.2, -0.15) is 5.10 Å². The van der Waals surface area contributed by atoms with Crippen LogP contribution in [0, 0.1) is 6.92 Å². The Hall–Kier alpha value is -3.41. The number of hydrazone groups is 1. The van der Waals surface area contributed by atoms with Crippen LogP contribution in [0.5, 0.6) is 11.5 Å². The maximum Gasteiger partial charge on any atom is 0.263 e. The highest BCUT2D eigenvalue weighted by Crippen LogP contribution is 2.35. The van der Waals surface area contributed by atoms with Crippen molar-refractivity contribution in [3.63, 3.8) is 0 Å². The number of nitrogens with one attached hydrogen (secondary N) is 1. The molecule has 0 atom stereocenters. The maximum absolute atomic E-state index is 13.5. The third-order valence-electron chi connectivity index (χ3n) is 5.34. The molecule has 0 aliphatic heterocycles. The number of methoxy groups -OCH3 is 1. The van der Waals surface area contributed by atoms with E-state index in [1.54, 1.807) is 18.2 Å². The predicted molar refractivity (Wildman–Crippen MR) is 153 cm³/mol. The predicted octanol–water partition coefficient (Wildman–Crippen LogP) is 5.34. The number of benzene rings is 2. The number of fused-ring (bicyclic) bond motifs is 1. The zero-order valence-corrected chi connectivity index (χ0v) is 23.2. The van der Waals surface area contributed by atoms with Gasteiger partial charge in [-0.05, 0) is 46.1 Å². The van der Waals surface area contributed by atoms with Gasteiger partial charge < -0.3 is 9.84 Å². The van der Waals surface area contributed by atoms with Gasteiger partial charge in [-0.25, -0.2) is 10.4 Å². The number of halogens is 1. The quantitative estimate of drug-likeness (QED) is 0.0885. The van der Waals surface area contributed by atoms with Gasteiger partial charge in [0.15, 0.2) is 16.7 Å². The molecule has 2 N–H and O–H groups in total. The molecule has 0 bridgehead atoms. The Kier molecular flexibility index (Phi) is 8.47. The van der Waals surface area contributed by atoms with Gasteiger partial charge in [0.2, 0.25) is 0 Å². The van der Waals surface area contributed by atoms with Crippen LogP contribution in [-0.2, 0) is 11.3 Å². The molecule has 0 saturated heterocycles. The van der Waals surface area contributed by atoms with Crippen molar-refractivity contribution in [3.8, 4) is 22.6 Å². The molecular weight excluding hydrogens is 576 g/mol. The largest absolute Gasteiger partial charge is 0.503 e. The first-order valence-electron chi connectivity index (χ1n) is 11.0. The van der Waals surface area contributed by atoms with Crippen molar-refractivity contribution < 1.29 is 14.6 Å². The Labute approximate surface area is 229 Å². The number of ether oxygens (including phenoxy) is 1. The number of phenolic OH excluding ortho intramolecular Hbond substituents is 1. The summed E-state index contributed by atoms with van der Waals surface area (Å²) < 4.78 is 7.08. The summed E-state index contributed by atoms with van der Waals surface area (Å²) in [6.45, 7) is 6.05. The average Bonchev–Trinajstić information content (AvgIpc) is 3.31. The minimum absolute atomic E-state index is 0.00518. The number of aryl methyl sites for hydroxylation is 1. The zero-order chi connectivity index (χ0) is 26.5. The van der Waals surface area contributed by atoms with E-state index in [2.05, 4.69) is 33.0 Å². The van der Waals surface area contributed by atoms with Crippen LogP contribution in [-0.4, -0.2) is 39.6 Å². The van der Waals surface area contributed by atoms with Crippen molar-refractivity contribution >= 4 is 61.4 Å². The summed E-state index contributed by atoms with van der Waals surface area (Å²) >= 11 is 5.80. The summed E-state index contributed by atoms with van der Waals surface area (Å²) in [6.07, 6.45) is 3.07. The van der Waals surface area contributed by atoms with Gasteiger partial charge in [-0.1, -0.05) is 47.7 Å². The minimum atomic E-state index is -0.364. The smallest absolute Gasteiger partial charge is 0.263 e. The molecule has 0 aliphatic carbocycles. The Morgan fingerprint density at radius 1 is 1.35 bits per heavy atom. The highest BCUT2D eigenvalue weighted by Gasteiger charge is 2.18. The van der Waals surface area contributed by atoms with Crippen LogP contribution in [0.25, 0.3) is 21.3 Å². The third kappa shape index (κ3) is 5.95. The number of nitrogens with zero attached hydrogens (tertiary/aromatic N) is 3. The molecule has 0 saturated carbocycles. The summed E-state index contributed by atoms with van der Waals surface area (Å²) in [7, 11) is 1.44. The lowest BCUT2D eigenvalue weighted by atomic mass is 10.1. The summed E-state index contributed by atoms with van der Waals surface area (Å²) in [6, 6.07) is 11.2. The van der Waals surface area contributed by atoms with E-state index in [4.69, 9.17) is 9.72 Å². The van der Waals surface area contributed by atoms with Gasteiger partial charge in [-0.15, -0.1) is 17.9 Å². The molecule has 0 aliphatic rings. The number of thiophene rings is 1. The molecule has 2 aromatic carbocycles. The zero-order valence-electron chi connectivity index (χ0n) is 20.0. The second-order valence-electron chi connectivity index (χ2n) is 7.93. The van der Waals surface area contributed by atoms with E-state index in [0.29, 0.717) is 25.4 Å². The molecule has 0 radical (unpaired) electrons. The summed E-state index contributed by atoms with van der Waals surface area (Å²) in [4.78, 5) is 31.2. The fourth-order valence-electron chi connectivity index (χ4n) is 3.52. The topological polar surface area (TPSA) is 106 Å². The monoisotopic (exact) mass is 598 g/mol. The second-order valence-corrected chi connectivity index (χ2v) is 10.6. The van der Waals surface area contributed by atoms with Crippen molar-refractivity contribution in [2.24, 2.45) is 5.10 Å². The number of carbonyl (C=O) groups is 1. The SMILES string of the molecule is C=CCn1c(SCC(=O)N/N=C/c2cc(Br)c(O)c(OC)c2)nc2scc(-c3ccc(C)cc3)c2c1=O. The maximum atomic E-state index is 13.5. The molecule has 4 rings (SSSR count). The molecule has 2 heterocycles. The number of thioether (sulfide) groups is 1. The number of aromatic hydroxyl groups is 1. The fraction of sp³-hybridized carbons (Fsp3) is 0.154. The van der Waals surface area contributed by atoms with E-state index < -0.39 is 0 Å². The molecular formula is C26H23BrN4O4S2. The van der Waals surface area contributed by atoms with Gasteiger partial charge in [0.25, 0.3) is 11.5 Å². The van der Waals surface area contributed by atoms with Gasteiger partial charge in [0, 0.05) is 17.5 Å². The summed E-state index contributed by atoms with van der Waals surface area (Å²) in [5.74, 6) is -0.104. The van der Waals surface area contributed by atoms with E-state index in [1.165, 1.54) is 29.2 Å². The highest BCUT2D eigenvalue weighted by molar-refractivity contribution is 9.10. The van der Waals surface area contributed by atoms with Crippen molar-refractivity contribution in [3.05, 3.63) is 80.4 Å². The molecule has 0 unspecified atom stereocenters. The summed E-state index contributed by atoms with van der Waals surface area (Å²) in [5, 5.41) is 16.8. The number of aromatic nitrogens is 2. The molecule has 37 heavy (non-hydrogen) atoms. The van der Waals surface area contributed by atoms with Gasteiger partial charge >= 0.3 is 0 Å². The molecule has 190 valence electrons. The fourth-order valence-corrected chi connectivity index (χ4v) is 5.77. The van der Waals surface area contributed by atoms with Crippen LogP contribution in [0.4, 0.5) is 0 Å². The molecule has 1 amide bonds. The normalized spacial score (nSPS) is 11.2. The highest BCUT2D eigenvalue weighted by atomic mass is 79.9. The standard InChI is InChI=1S/C26H23BrN4O4S2/c1-4-9-31-25(34)22-18(17-7-5-15(2)6-8-17)13-36-24(22)29-26(31)37-14-21(32)30-28-12-16-10-19(27)23(33)20(11-16)35-3/h4-8,10-13,33H,1,9,14H2,2-3H3,(H,30,32)/b28-12+. The number of amides is 1. The van der Waals surface area contributed by atoms with Crippen molar-refractivity contribution in [1.82, 2.24) is 15.0 Å². The van der Waals surface area contributed by atoms with Gasteiger partial charge in [0.1, 0.15) is 4.83 Å². The van der Waals surface area contributed by atoms with Crippen molar-refractivity contribution in [2.45, 2.75) is 18.6 Å². The molecule has 2 aromatic heterocycles. The number of allylic oxidation sites excluding steroid dienone is 1. The lowest BCUT2D eigenvalue weighted by Gasteiger charge is -2.10. The van der Waals surface area contributed by atoms with Gasteiger partial charge in [0.05, 0.1) is 28.9 Å². The van der Waals surface area contributed by atoms with Crippen LogP contribution in [0.2, 0.25) is 0 Å². The minimum Gasteiger partial charge on any atom is -0.503 e. The van der Waals surface area contributed by atoms with Crippen LogP contribution < -0.4 is 15.7 Å². The van der Waals surface area contributed by atoms with Crippen molar-refractivity contribution in [1.29, 1.82) is 0 Å². The number of hydrogen-bond acceptors (Lipinski definition) is 8. The van der Waals surface area contributed by atoms with E-state index in [0.717, 1.165) is 28.5 Å². The van der Waals surface area contributed by atoms with Crippen LogP contribution in [0.1, 0.15) is 11.1 Å². The molecule has 11 heteroatoms. The van der Waals surface area contributed by atoms with Crippen LogP contribution in [0.3, 0.4) is 0 Å². The third-order valence-corrected chi connectivity index (χ3v) is 7.79. The molecule has 8 nitrogen and oxygen atoms in total.